The first-order valence-electron chi connectivity index (χ1n) is 9.67. The average Bonchev–Trinajstić information content (AvgIpc) is 2.74. The van der Waals surface area contributed by atoms with Crippen molar-refractivity contribution < 1.29 is 19.2 Å². The summed E-state index contributed by atoms with van der Waals surface area (Å²) >= 11 is 0. The van der Waals surface area contributed by atoms with Crippen molar-refractivity contribution in [1.82, 2.24) is 0 Å². The Morgan fingerprint density at radius 2 is 2.03 bits per heavy atom. The highest BCUT2D eigenvalue weighted by atomic mass is 16.6. The van der Waals surface area contributed by atoms with Crippen LogP contribution in [0, 0.1) is 10.1 Å². The number of carbonyl (C=O) groups is 1. The van der Waals surface area contributed by atoms with Gasteiger partial charge in [-0.3, -0.25) is 14.9 Å². The number of carbonyl (C=O) groups excluding carboxylic acids is 1. The van der Waals surface area contributed by atoms with Gasteiger partial charge in [0.2, 0.25) is 0 Å². The number of hydrogen-bond donors (Lipinski definition) is 1. The molecule has 29 heavy (non-hydrogen) atoms. The number of benzene rings is 2. The van der Waals surface area contributed by atoms with Crippen LogP contribution in [-0.2, 0) is 4.74 Å². The van der Waals surface area contributed by atoms with Gasteiger partial charge in [-0.05, 0) is 43.7 Å². The van der Waals surface area contributed by atoms with E-state index in [0.717, 1.165) is 6.42 Å². The van der Waals surface area contributed by atoms with E-state index in [1.807, 2.05) is 18.7 Å². The molecule has 0 spiro atoms. The van der Waals surface area contributed by atoms with Gasteiger partial charge in [-0.2, -0.15) is 0 Å². The summed E-state index contributed by atoms with van der Waals surface area (Å²) in [6.45, 7) is 6.23. The van der Waals surface area contributed by atoms with Crippen molar-refractivity contribution >= 4 is 23.0 Å². The fraction of sp³-hybridized carbons (Fsp3) is 0.381. The second-order valence-corrected chi connectivity index (χ2v) is 6.88. The summed E-state index contributed by atoms with van der Waals surface area (Å²) in [5.41, 5.74) is 1.27. The second kappa shape index (κ2) is 9.38. The molecule has 1 aliphatic rings. The van der Waals surface area contributed by atoms with Gasteiger partial charge in [0.05, 0.1) is 24.2 Å². The summed E-state index contributed by atoms with van der Waals surface area (Å²) in [6, 6.07) is 11.6. The topological polar surface area (TPSA) is 93.9 Å². The third-order valence-electron chi connectivity index (χ3n) is 4.79. The van der Waals surface area contributed by atoms with E-state index in [2.05, 4.69) is 5.32 Å². The number of nitro benzene ring substituents is 1. The highest BCUT2D eigenvalue weighted by Gasteiger charge is 2.22. The maximum Gasteiger partial charge on any atom is 0.294 e. The lowest BCUT2D eigenvalue weighted by Gasteiger charge is -2.28. The smallest absolute Gasteiger partial charge is 0.294 e. The number of anilines is 2. The highest BCUT2D eigenvalue weighted by molar-refractivity contribution is 6.04. The van der Waals surface area contributed by atoms with Crippen LogP contribution in [0.4, 0.5) is 17.1 Å². The van der Waals surface area contributed by atoms with Crippen LogP contribution in [-0.4, -0.2) is 43.2 Å². The quantitative estimate of drug-likeness (QED) is 0.561. The third-order valence-corrected chi connectivity index (χ3v) is 4.79. The number of ether oxygens (including phenoxy) is 2. The Bertz CT molecular complexity index is 880. The zero-order valence-corrected chi connectivity index (χ0v) is 16.6. The molecule has 0 aliphatic carbocycles. The van der Waals surface area contributed by atoms with E-state index >= 15 is 0 Å². The largest absolute Gasteiger partial charge is 0.491 e. The van der Waals surface area contributed by atoms with E-state index < -0.39 is 4.92 Å². The molecule has 1 amide bonds. The molecule has 0 saturated carbocycles. The first-order valence-corrected chi connectivity index (χ1v) is 9.67. The lowest BCUT2D eigenvalue weighted by atomic mass is 10.1. The standard InChI is InChI=1S/C21H25N3O5/c1-3-15(2)29-18-6-4-5-16(13-18)21(25)22-17-7-8-19(20(14-17)24(26)27)23-9-11-28-12-10-23/h4-8,13-15H,3,9-12H2,1-2H3,(H,22,25)/t15-/m0/s1. The molecule has 8 heteroatoms. The Hall–Kier alpha value is -3.13. The average molecular weight is 399 g/mol. The molecule has 1 aliphatic heterocycles. The van der Waals surface area contributed by atoms with Gasteiger partial charge in [-0.15, -0.1) is 0 Å². The van der Waals surface area contributed by atoms with E-state index in [0.29, 0.717) is 49.0 Å². The Morgan fingerprint density at radius 1 is 1.28 bits per heavy atom. The summed E-state index contributed by atoms with van der Waals surface area (Å²) in [5, 5.41) is 14.3. The van der Waals surface area contributed by atoms with E-state index in [-0.39, 0.29) is 17.7 Å². The zero-order chi connectivity index (χ0) is 20.8. The monoisotopic (exact) mass is 399 g/mol. The third kappa shape index (κ3) is 5.23. The van der Waals surface area contributed by atoms with Crippen LogP contribution in [0.5, 0.6) is 5.75 Å². The Balaban J connectivity index is 1.77. The number of amides is 1. The zero-order valence-electron chi connectivity index (χ0n) is 16.6. The van der Waals surface area contributed by atoms with Crippen molar-refractivity contribution in [1.29, 1.82) is 0 Å². The Kier molecular flexibility index (Phi) is 6.66. The minimum Gasteiger partial charge on any atom is -0.491 e. The number of nitro groups is 1. The van der Waals surface area contributed by atoms with E-state index in [1.165, 1.54) is 6.07 Å². The molecule has 1 saturated heterocycles. The van der Waals surface area contributed by atoms with E-state index in [4.69, 9.17) is 9.47 Å². The van der Waals surface area contributed by atoms with Crippen LogP contribution < -0.4 is 15.0 Å². The molecule has 2 aromatic carbocycles. The normalized spacial score (nSPS) is 14.9. The van der Waals surface area contributed by atoms with Crippen molar-refractivity contribution in [2.24, 2.45) is 0 Å². The molecule has 0 bridgehead atoms. The fourth-order valence-corrected chi connectivity index (χ4v) is 3.05. The van der Waals surface area contributed by atoms with Crippen LogP contribution in [0.3, 0.4) is 0 Å². The molecule has 2 aromatic rings. The maximum absolute atomic E-state index is 12.6. The molecule has 8 nitrogen and oxygen atoms in total. The summed E-state index contributed by atoms with van der Waals surface area (Å²) < 4.78 is 11.1. The molecule has 1 heterocycles. The van der Waals surface area contributed by atoms with Crippen molar-refractivity contribution in [3.63, 3.8) is 0 Å². The van der Waals surface area contributed by atoms with Crippen molar-refractivity contribution in [2.45, 2.75) is 26.4 Å². The molecule has 1 fully saturated rings. The molecule has 0 radical (unpaired) electrons. The molecule has 1 atom stereocenters. The SMILES string of the molecule is CC[C@H](C)Oc1cccc(C(=O)Nc2ccc(N3CCOCC3)c([N+](=O)[O-])c2)c1. The molecule has 3 rings (SSSR count). The van der Waals surface area contributed by atoms with Gasteiger partial charge in [0.1, 0.15) is 11.4 Å². The number of rotatable bonds is 7. The summed E-state index contributed by atoms with van der Waals surface area (Å²) in [4.78, 5) is 25.7. The minimum atomic E-state index is -0.430. The number of morpholine rings is 1. The Labute approximate surface area is 169 Å². The Morgan fingerprint density at radius 3 is 2.72 bits per heavy atom. The van der Waals surface area contributed by atoms with E-state index in [1.54, 1.807) is 36.4 Å². The van der Waals surface area contributed by atoms with Crippen LogP contribution in [0.1, 0.15) is 30.6 Å². The molecule has 0 unspecified atom stereocenters. The molecule has 154 valence electrons. The summed E-state index contributed by atoms with van der Waals surface area (Å²) in [5.74, 6) is 0.258. The molecule has 1 N–H and O–H groups in total. The predicted octanol–water partition coefficient (Wildman–Crippen LogP) is 3.86. The lowest BCUT2D eigenvalue weighted by molar-refractivity contribution is -0.384. The first-order chi connectivity index (χ1) is 14.0. The van der Waals surface area contributed by atoms with Gasteiger partial charge in [-0.1, -0.05) is 13.0 Å². The number of nitrogens with zero attached hydrogens (tertiary/aromatic N) is 2. The number of hydrogen-bond acceptors (Lipinski definition) is 6. The van der Waals surface area contributed by atoms with Crippen molar-refractivity contribution in [3.05, 3.63) is 58.1 Å². The maximum atomic E-state index is 12.6. The van der Waals surface area contributed by atoms with Crippen molar-refractivity contribution in [3.8, 4) is 5.75 Å². The lowest BCUT2D eigenvalue weighted by Crippen LogP contribution is -2.36. The van der Waals surface area contributed by atoms with Gasteiger partial charge in [0.15, 0.2) is 0 Å². The summed E-state index contributed by atoms with van der Waals surface area (Å²) in [6.07, 6.45) is 0.902. The van der Waals surface area contributed by atoms with Gasteiger partial charge < -0.3 is 19.7 Å². The van der Waals surface area contributed by atoms with Gasteiger partial charge in [0, 0.05) is 30.4 Å². The first kappa shape index (κ1) is 20.6. The molecule has 0 aromatic heterocycles. The fourth-order valence-electron chi connectivity index (χ4n) is 3.05. The van der Waals surface area contributed by atoms with Gasteiger partial charge >= 0.3 is 0 Å². The van der Waals surface area contributed by atoms with Crippen LogP contribution in [0.2, 0.25) is 0 Å². The van der Waals surface area contributed by atoms with Crippen LogP contribution >= 0.6 is 0 Å². The second-order valence-electron chi connectivity index (χ2n) is 6.88. The highest BCUT2D eigenvalue weighted by Crippen LogP contribution is 2.32. The van der Waals surface area contributed by atoms with Gasteiger partial charge in [0.25, 0.3) is 11.6 Å². The van der Waals surface area contributed by atoms with E-state index in [9.17, 15) is 14.9 Å². The molecular formula is C21H25N3O5. The summed E-state index contributed by atoms with van der Waals surface area (Å²) in [7, 11) is 0. The predicted molar refractivity (Wildman–Crippen MR) is 111 cm³/mol. The van der Waals surface area contributed by atoms with Crippen LogP contribution in [0.15, 0.2) is 42.5 Å². The molecular weight excluding hydrogens is 374 g/mol. The number of nitrogens with one attached hydrogen (secondary N) is 1. The van der Waals surface area contributed by atoms with Crippen molar-refractivity contribution in [2.75, 3.05) is 36.5 Å². The minimum absolute atomic E-state index is 0.0430. The van der Waals surface area contributed by atoms with Gasteiger partial charge in [-0.25, -0.2) is 0 Å². The van der Waals surface area contributed by atoms with Crippen LogP contribution in [0.25, 0.3) is 0 Å².